The Balaban J connectivity index is 1.65. The molecule has 1 fully saturated rings. The van der Waals surface area contributed by atoms with E-state index in [9.17, 15) is 23.3 Å². The monoisotopic (exact) mass is 423 g/mol. The maximum atomic E-state index is 12.7. The molecule has 148 valence electrons. The lowest BCUT2D eigenvalue weighted by Gasteiger charge is -2.34. The molecule has 0 radical (unpaired) electrons. The lowest BCUT2D eigenvalue weighted by molar-refractivity contribution is -0.384. The summed E-state index contributed by atoms with van der Waals surface area (Å²) < 4.78 is 26.6. The minimum atomic E-state index is -3.48. The topological polar surface area (TPSA) is 101 Å². The van der Waals surface area contributed by atoms with Crippen LogP contribution in [0.4, 0.5) is 5.69 Å². The summed E-state index contributed by atoms with van der Waals surface area (Å²) in [4.78, 5) is 24.4. The van der Waals surface area contributed by atoms with E-state index >= 15 is 0 Å². The number of hydrogen-bond acceptors (Lipinski definition) is 5. The van der Waals surface area contributed by atoms with Gasteiger partial charge in [-0.1, -0.05) is 41.9 Å². The van der Waals surface area contributed by atoms with Crippen molar-refractivity contribution in [2.45, 2.75) is 5.75 Å². The number of hydrogen-bond donors (Lipinski definition) is 0. The number of sulfonamides is 1. The Morgan fingerprint density at radius 2 is 1.71 bits per heavy atom. The standard InChI is InChI=1S/C18H18ClN3O5S/c19-17-12-15(22(24)25)6-7-16(17)18(23)20-8-10-21(11-9-20)28(26,27)13-14-4-2-1-3-5-14/h1-7,12H,8-11,13H2. The fourth-order valence-electron chi connectivity index (χ4n) is 3.01. The molecule has 1 amide bonds. The van der Waals surface area contributed by atoms with Gasteiger partial charge >= 0.3 is 0 Å². The van der Waals surface area contributed by atoms with E-state index in [4.69, 9.17) is 11.6 Å². The van der Waals surface area contributed by atoms with Crippen molar-refractivity contribution in [1.82, 2.24) is 9.21 Å². The molecule has 0 bridgehead atoms. The van der Waals surface area contributed by atoms with Crippen LogP contribution >= 0.6 is 11.6 Å². The van der Waals surface area contributed by atoms with E-state index < -0.39 is 14.9 Å². The predicted molar refractivity (Wildman–Crippen MR) is 105 cm³/mol. The van der Waals surface area contributed by atoms with Gasteiger partial charge in [-0.2, -0.15) is 4.31 Å². The van der Waals surface area contributed by atoms with Crippen LogP contribution < -0.4 is 0 Å². The molecular weight excluding hydrogens is 406 g/mol. The molecule has 3 rings (SSSR count). The Bertz CT molecular complexity index is 990. The molecule has 0 saturated carbocycles. The first-order valence-electron chi connectivity index (χ1n) is 8.53. The molecule has 0 N–H and O–H groups in total. The number of piperazine rings is 1. The average Bonchev–Trinajstić information content (AvgIpc) is 2.68. The zero-order chi connectivity index (χ0) is 20.3. The second-order valence-electron chi connectivity index (χ2n) is 6.35. The van der Waals surface area contributed by atoms with Crippen LogP contribution in [0.5, 0.6) is 0 Å². The summed E-state index contributed by atoms with van der Waals surface area (Å²) in [6.45, 7) is 0.817. The van der Waals surface area contributed by atoms with Gasteiger partial charge in [0, 0.05) is 38.3 Å². The van der Waals surface area contributed by atoms with Crippen LogP contribution in [0.2, 0.25) is 5.02 Å². The summed E-state index contributed by atoms with van der Waals surface area (Å²) in [6, 6.07) is 12.6. The third kappa shape index (κ3) is 4.49. The van der Waals surface area contributed by atoms with Crippen molar-refractivity contribution in [1.29, 1.82) is 0 Å². The van der Waals surface area contributed by atoms with Crippen LogP contribution in [0.25, 0.3) is 0 Å². The van der Waals surface area contributed by atoms with Crippen molar-refractivity contribution in [2.24, 2.45) is 0 Å². The molecule has 0 unspecified atom stereocenters. The van der Waals surface area contributed by atoms with Crippen molar-refractivity contribution < 1.29 is 18.1 Å². The number of amides is 1. The Kier molecular flexibility index (Phi) is 5.97. The summed E-state index contributed by atoms with van der Waals surface area (Å²) in [5.41, 5.74) is 0.671. The van der Waals surface area contributed by atoms with E-state index in [0.717, 1.165) is 6.07 Å². The zero-order valence-electron chi connectivity index (χ0n) is 14.8. The Hall–Kier alpha value is -2.49. The number of benzene rings is 2. The lowest BCUT2D eigenvalue weighted by Crippen LogP contribution is -2.50. The molecule has 0 spiro atoms. The average molecular weight is 424 g/mol. The van der Waals surface area contributed by atoms with Crippen molar-refractivity contribution in [3.8, 4) is 0 Å². The van der Waals surface area contributed by atoms with Crippen molar-refractivity contribution in [3.63, 3.8) is 0 Å². The fraction of sp³-hybridized carbons (Fsp3) is 0.278. The number of non-ortho nitro benzene ring substituents is 1. The number of nitro groups is 1. The van der Waals surface area contributed by atoms with Gasteiger partial charge < -0.3 is 4.90 Å². The van der Waals surface area contributed by atoms with E-state index in [1.807, 2.05) is 6.07 Å². The van der Waals surface area contributed by atoms with Gasteiger partial charge in [0.25, 0.3) is 11.6 Å². The number of carbonyl (C=O) groups is 1. The minimum Gasteiger partial charge on any atom is -0.336 e. The first-order chi connectivity index (χ1) is 13.3. The molecule has 8 nitrogen and oxygen atoms in total. The molecular formula is C18H18ClN3O5S. The third-order valence-corrected chi connectivity index (χ3v) is 6.67. The highest BCUT2D eigenvalue weighted by Crippen LogP contribution is 2.24. The fourth-order valence-corrected chi connectivity index (χ4v) is 4.78. The smallest absolute Gasteiger partial charge is 0.270 e. The number of nitrogens with zero attached hydrogens (tertiary/aromatic N) is 3. The molecule has 28 heavy (non-hydrogen) atoms. The highest BCUT2D eigenvalue weighted by molar-refractivity contribution is 7.88. The molecule has 1 aliphatic heterocycles. The van der Waals surface area contributed by atoms with Crippen molar-refractivity contribution in [2.75, 3.05) is 26.2 Å². The number of halogens is 1. The Labute approximate surface area is 167 Å². The quantitative estimate of drug-likeness (QED) is 0.543. The van der Waals surface area contributed by atoms with Gasteiger partial charge in [0.2, 0.25) is 10.0 Å². The molecule has 0 atom stereocenters. The van der Waals surface area contributed by atoms with Crippen molar-refractivity contribution in [3.05, 3.63) is 74.8 Å². The van der Waals surface area contributed by atoms with Gasteiger partial charge in [-0.15, -0.1) is 0 Å². The molecule has 2 aromatic rings. The molecule has 1 heterocycles. The van der Waals surface area contributed by atoms with Crippen LogP contribution in [0, 0.1) is 10.1 Å². The largest absolute Gasteiger partial charge is 0.336 e. The first-order valence-corrected chi connectivity index (χ1v) is 10.5. The van der Waals surface area contributed by atoms with E-state index in [1.165, 1.54) is 21.3 Å². The molecule has 2 aromatic carbocycles. The van der Waals surface area contributed by atoms with E-state index in [-0.39, 0.29) is 54.1 Å². The number of carbonyl (C=O) groups excluding carboxylic acids is 1. The molecule has 0 aromatic heterocycles. The second kappa shape index (κ2) is 8.26. The maximum absolute atomic E-state index is 12.7. The van der Waals surface area contributed by atoms with Gasteiger partial charge in [-0.25, -0.2) is 8.42 Å². The Morgan fingerprint density at radius 3 is 2.29 bits per heavy atom. The van der Waals surface area contributed by atoms with Crippen LogP contribution in [-0.4, -0.2) is 54.6 Å². The summed E-state index contributed by atoms with van der Waals surface area (Å²) in [6.07, 6.45) is 0. The maximum Gasteiger partial charge on any atom is 0.270 e. The molecule has 1 saturated heterocycles. The zero-order valence-corrected chi connectivity index (χ0v) is 16.4. The van der Waals surface area contributed by atoms with Gasteiger partial charge in [-0.3, -0.25) is 14.9 Å². The lowest BCUT2D eigenvalue weighted by atomic mass is 10.1. The van der Waals surface area contributed by atoms with Gasteiger partial charge in [0.1, 0.15) is 0 Å². The summed E-state index contributed by atoms with van der Waals surface area (Å²) in [5, 5.41) is 10.8. The summed E-state index contributed by atoms with van der Waals surface area (Å²) >= 11 is 6.02. The summed E-state index contributed by atoms with van der Waals surface area (Å²) in [5.74, 6) is -0.462. The van der Waals surface area contributed by atoms with Crippen LogP contribution in [0.15, 0.2) is 48.5 Å². The molecule has 1 aliphatic rings. The second-order valence-corrected chi connectivity index (χ2v) is 8.73. The number of rotatable bonds is 5. The molecule has 10 heteroatoms. The molecule has 0 aliphatic carbocycles. The first kappa shape index (κ1) is 20.2. The van der Waals surface area contributed by atoms with Crippen LogP contribution in [-0.2, 0) is 15.8 Å². The SMILES string of the molecule is O=C(c1ccc([N+](=O)[O-])cc1Cl)N1CCN(S(=O)(=O)Cc2ccccc2)CC1. The third-order valence-electron chi connectivity index (χ3n) is 4.51. The minimum absolute atomic E-state index is 0.00155. The van der Waals surface area contributed by atoms with Gasteiger partial charge in [0.05, 0.1) is 21.3 Å². The van der Waals surface area contributed by atoms with Crippen LogP contribution in [0.1, 0.15) is 15.9 Å². The normalized spacial score (nSPS) is 15.4. The highest BCUT2D eigenvalue weighted by atomic mass is 35.5. The van der Waals surface area contributed by atoms with E-state index in [0.29, 0.717) is 5.56 Å². The van der Waals surface area contributed by atoms with Crippen LogP contribution in [0.3, 0.4) is 0 Å². The highest BCUT2D eigenvalue weighted by Gasteiger charge is 2.30. The van der Waals surface area contributed by atoms with Gasteiger partial charge in [0.15, 0.2) is 0 Å². The van der Waals surface area contributed by atoms with Crippen molar-refractivity contribution >= 4 is 33.2 Å². The Morgan fingerprint density at radius 1 is 1.07 bits per heavy atom. The predicted octanol–water partition coefficient (Wildman–Crippen LogP) is 2.54. The van der Waals surface area contributed by atoms with E-state index in [1.54, 1.807) is 24.3 Å². The van der Waals surface area contributed by atoms with Gasteiger partial charge in [-0.05, 0) is 11.6 Å². The number of nitro benzene ring substituents is 1. The van der Waals surface area contributed by atoms with E-state index in [2.05, 4.69) is 0 Å². The summed E-state index contributed by atoms with van der Waals surface area (Å²) in [7, 11) is -3.48.